The highest BCUT2D eigenvalue weighted by atomic mass is 16.4. The van der Waals surface area contributed by atoms with Gasteiger partial charge >= 0.3 is 5.97 Å². The SMILES string of the molecule is CN1CCC(CNC(C)(C)C(=O)O)C1. The number of nitrogens with one attached hydrogen (secondary N) is 1. The van der Waals surface area contributed by atoms with Crippen LogP contribution in [-0.2, 0) is 4.79 Å². The first-order chi connectivity index (χ1) is 6.42. The second-order valence-corrected chi connectivity index (χ2v) is 4.73. The lowest BCUT2D eigenvalue weighted by atomic mass is 10.0. The molecule has 0 bridgehead atoms. The van der Waals surface area contributed by atoms with Gasteiger partial charge < -0.3 is 15.3 Å². The highest BCUT2D eigenvalue weighted by molar-refractivity contribution is 5.77. The van der Waals surface area contributed by atoms with Crippen molar-refractivity contribution in [3.63, 3.8) is 0 Å². The first kappa shape index (κ1) is 11.5. The van der Waals surface area contributed by atoms with Crippen molar-refractivity contribution in [1.82, 2.24) is 10.2 Å². The second-order valence-electron chi connectivity index (χ2n) is 4.73. The van der Waals surface area contributed by atoms with Crippen molar-refractivity contribution in [2.75, 3.05) is 26.7 Å². The van der Waals surface area contributed by atoms with Gasteiger partial charge in [0.2, 0.25) is 0 Å². The fourth-order valence-corrected chi connectivity index (χ4v) is 1.67. The van der Waals surface area contributed by atoms with E-state index in [-0.39, 0.29) is 0 Å². The van der Waals surface area contributed by atoms with Crippen LogP contribution >= 0.6 is 0 Å². The number of carbonyl (C=O) groups is 1. The standard InChI is InChI=1S/C10H20N2O2/c1-10(2,9(13)14)11-6-8-4-5-12(3)7-8/h8,11H,4-7H2,1-3H3,(H,13,14). The van der Waals surface area contributed by atoms with Gasteiger partial charge in [-0.2, -0.15) is 0 Å². The zero-order valence-electron chi connectivity index (χ0n) is 9.21. The molecule has 14 heavy (non-hydrogen) atoms. The Kier molecular flexibility index (Phi) is 3.50. The van der Waals surface area contributed by atoms with Crippen molar-refractivity contribution in [3.8, 4) is 0 Å². The van der Waals surface area contributed by atoms with Gasteiger partial charge in [-0.05, 0) is 39.8 Å². The van der Waals surface area contributed by atoms with Gasteiger partial charge in [0.05, 0.1) is 0 Å². The molecule has 1 atom stereocenters. The van der Waals surface area contributed by atoms with Crippen molar-refractivity contribution in [3.05, 3.63) is 0 Å². The van der Waals surface area contributed by atoms with E-state index in [1.807, 2.05) is 0 Å². The van der Waals surface area contributed by atoms with Crippen LogP contribution in [0.25, 0.3) is 0 Å². The Morgan fingerprint density at radius 1 is 1.64 bits per heavy atom. The van der Waals surface area contributed by atoms with Gasteiger partial charge in [-0.1, -0.05) is 0 Å². The van der Waals surface area contributed by atoms with Crippen LogP contribution in [0, 0.1) is 5.92 Å². The number of likely N-dealkylation sites (tertiary alicyclic amines) is 1. The molecule has 2 N–H and O–H groups in total. The summed E-state index contributed by atoms with van der Waals surface area (Å²) in [7, 11) is 2.10. The number of hydrogen-bond acceptors (Lipinski definition) is 3. The Hall–Kier alpha value is -0.610. The third-order valence-electron chi connectivity index (χ3n) is 2.86. The van der Waals surface area contributed by atoms with E-state index in [2.05, 4.69) is 17.3 Å². The van der Waals surface area contributed by atoms with Crippen molar-refractivity contribution in [2.24, 2.45) is 5.92 Å². The highest BCUT2D eigenvalue weighted by Crippen LogP contribution is 2.14. The molecule has 4 nitrogen and oxygen atoms in total. The lowest BCUT2D eigenvalue weighted by Gasteiger charge is -2.23. The average Bonchev–Trinajstić information content (AvgIpc) is 2.48. The summed E-state index contributed by atoms with van der Waals surface area (Å²) >= 11 is 0. The van der Waals surface area contributed by atoms with Gasteiger partial charge in [0.15, 0.2) is 0 Å². The Balaban J connectivity index is 2.30. The van der Waals surface area contributed by atoms with Gasteiger partial charge in [-0.25, -0.2) is 0 Å². The van der Waals surface area contributed by atoms with E-state index in [0.717, 1.165) is 19.6 Å². The van der Waals surface area contributed by atoms with Gasteiger partial charge in [0, 0.05) is 13.1 Å². The van der Waals surface area contributed by atoms with Crippen molar-refractivity contribution < 1.29 is 9.90 Å². The first-order valence-corrected chi connectivity index (χ1v) is 5.09. The Morgan fingerprint density at radius 3 is 2.71 bits per heavy atom. The molecule has 0 amide bonds. The van der Waals surface area contributed by atoms with Crippen LogP contribution in [-0.4, -0.2) is 48.2 Å². The molecule has 0 aromatic rings. The first-order valence-electron chi connectivity index (χ1n) is 5.09. The molecule has 0 radical (unpaired) electrons. The van der Waals surface area contributed by atoms with E-state index >= 15 is 0 Å². The van der Waals surface area contributed by atoms with E-state index in [1.165, 1.54) is 6.42 Å². The summed E-state index contributed by atoms with van der Waals surface area (Å²) in [6.07, 6.45) is 1.17. The maximum atomic E-state index is 10.8. The summed E-state index contributed by atoms with van der Waals surface area (Å²) in [5, 5.41) is 12.0. The summed E-state index contributed by atoms with van der Waals surface area (Å²) in [5.41, 5.74) is -0.804. The molecule has 4 heteroatoms. The van der Waals surface area contributed by atoms with Gasteiger partial charge in [0.1, 0.15) is 5.54 Å². The van der Waals surface area contributed by atoms with Crippen LogP contribution in [0.15, 0.2) is 0 Å². The fraction of sp³-hybridized carbons (Fsp3) is 0.900. The van der Waals surface area contributed by atoms with Crippen molar-refractivity contribution >= 4 is 5.97 Å². The van der Waals surface area contributed by atoms with E-state index in [4.69, 9.17) is 5.11 Å². The molecule has 0 spiro atoms. The molecule has 0 aliphatic carbocycles. The maximum absolute atomic E-state index is 10.8. The summed E-state index contributed by atoms with van der Waals surface area (Å²) in [4.78, 5) is 13.1. The second kappa shape index (κ2) is 4.28. The highest BCUT2D eigenvalue weighted by Gasteiger charge is 2.28. The predicted octanol–water partition coefficient (Wildman–Crippen LogP) is 0.391. The fourth-order valence-electron chi connectivity index (χ4n) is 1.67. The van der Waals surface area contributed by atoms with E-state index < -0.39 is 11.5 Å². The summed E-state index contributed by atoms with van der Waals surface area (Å²) in [5.74, 6) is -0.192. The molecule has 0 aromatic heterocycles. The average molecular weight is 200 g/mol. The summed E-state index contributed by atoms with van der Waals surface area (Å²) in [6.45, 7) is 6.40. The number of aliphatic carboxylic acids is 1. The zero-order chi connectivity index (χ0) is 10.8. The smallest absolute Gasteiger partial charge is 0.323 e. The Labute approximate surface area is 85.3 Å². The van der Waals surface area contributed by atoms with Crippen LogP contribution < -0.4 is 5.32 Å². The molecule has 1 unspecified atom stereocenters. The molecule has 1 rings (SSSR count). The van der Waals surface area contributed by atoms with Crippen molar-refractivity contribution in [2.45, 2.75) is 25.8 Å². The van der Waals surface area contributed by atoms with E-state index in [9.17, 15) is 4.79 Å². The molecule has 1 saturated heterocycles. The maximum Gasteiger partial charge on any atom is 0.323 e. The minimum Gasteiger partial charge on any atom is -0.480 e. The van der Waals surface area contributed by atoms with Crippen LogP contribution in [0.3, 0.4) is 0 Å². The summed E-state index contributed by atoms with van der Waals surface area (Å²) in [6, 6.07) is 0. The Morgan fingerprint density at radius 2 is 2.29 bits per heavy atom. The molecule has 0 aromatic carbocycles. The minimum absolute atomic E-state index is 0.596. The van der Waals surface area contributed by atoms with Crippen molar-refractivity contribution in [1.29, 1.82) is 0 Å². The molecule has 1 aliphatic rings. The van der Waals surface area contributed by atoms with E-state index in [1.54, 1.807) is 13.8 Å². The molecule has 1 heterocycles. The monoisotopic (exact) mass is 200 g/mol. The normalized spacial score (nSPS) is 24.1. The molecular formula is C10H20N2O2. The number of hydrogen-bond donors (Lipinski definition) is 2. The van der Waals surface area contributed by atoms with Crippen LogP contribution in [0.1, 0.15) is 20.3 Å². The molecular weight excluding hydrogens is 180 g/mol. The largest absolute Gasteiger partial charge is 0.480 e. The molecule has 82 valence electrons. The molecule has 0 saturated carbocycles. The Bertz CT molecular complexity index is 216. The third kappa shape index (κ3) is 2.96. The van der Waals surface area contributed by atoms with Crippen LogP contribution in [0.4, 0.5) is 0 Å². The number of nitrogens with zero attached hydrogens (tertiary/aromatic N) is 1. The van der Waals surface area contributed by atoms with Gasteiger partial charge in [-0.3, -0.25) is 4.79 Å². The van der Waals surface area contributed by atoms with Gasteiger partial charge in [0.25, 0.3) is 0 Å². The third-order valence-corrected chi connectivity index (χ3v) is 2.86. The summed E-state index contributed by atoms with van der Waals surface area (Å²) < 4.78 is 0. The number of rotatable bonds is 4. The lowest BCUT2D eigenvalue weighted by Crippen LogP contribution is -2.48. The zero-order valence-corrected chi connectivity index (χ0v) is 9.21. The number of carboxylic acids is 1. The lowest BCUT2D eigenvalue weighted by molar-refractivity contribution is -0.143. The number of carboxylic acid groups (broad SMARTS) is 1. The quantitative estimate of drug-likeness (QED) is 0.689. The minimum atomic E-state index is -0.804. The van der Waals surface area contributed by atoms with Gasteiger partial charge in [-0.15, -0.1) is 0 Å². The van der Waals surface area contributed by atoms with E-state index in [0.29, 0.717) is 5.92 Å². The molecule has 1 aliphatic heterocycles. The van der Waals surface area contributed by atoms with Crippen LogP contribution in [0.2, 0.25) is 0 Å². The molecule has 1 fully saturated rings. The topological polar surface area (TPSA) is 52.6 Å². The van der Waals surface area contributed by atoms with Crippen LogP contribution in [0.5, 0.6) is 0 Å². The predicted molar refractivity (Wildman–Crippen MR) is 55.3 cm³/mol.